The lowest BCUT2D eigenvalue weighted by atomic mass is 9.90. The highest BCUT2D eigenvalue weighted by Gasteiger charge is 2.50. The first-order valence-corrected chi connectivity index (χ1v) is 10.0. The molecule has 1 heterocycles. The predicted molar refractivity (Wildman–Crippen MR) is 89.2 cm³/mol. The predicted octanol–water partition coefficient (Wildman–Crippen LogP) is 2.11. The van der Waals surface area contributed by atoms with E-state index in [1.807, 2.05) is 0 Å². The Morgan fingerprint density at radius 2 is 1.62 bits per heavy atom. The van der Waals surface area contributed by atoms with Crippen molar-refractivity contribution in [2.24, 2.45) is 0 Å². The van der Waals surface area contributed by atoms with Crippen molar-refractivity contribution in [1.82, 2.24) is 10.2 Å². The standard InChI is InChI=1S/C17H22N2O4S/c20-15-17(10-6-1-2-7-11-17)18-16(21)19(15)12-13-24(22,23)14-8-4-3-5-9-14/h3-5,8-9H,1-2,6-7,10-13H2,(H,18,21). The molecule has 130 valence electrons. The van der Waals surface area contributed by atoms with Crippen LogP contribution in [0.5, 0.6) is 0 Å². The van der Waals surface area contributed by atoms with Crippen LogP contribution in [0.1, 0.15) is 38.5 Å². The first kappa shape index (κ1) is 17.0. The minimum atomic E-state index is -3.52. The molecule has 1 aliphatic heterocycles. The van der Waals surface area contributed by atoms with E-state index in [9.17, 15) is 18.0 Å². The van der Waals surface area contributed by atoms with E-state index in [-0.39, 0.29) is 23.1 Å². The third-order valence-electron chi connectivity index (χ3n) is 4.89. The summed E-state index contributed by atoms with van der Waals surface area (Å²) in [7, 11) is -3.52. The largest absolute Gasteiger partial charge is 0.325 e. The first-order valence-electron chi connectivity index (χ1n) is 8.37. The van der Waals surface area contributed by atoms with Crippen molar-refractivity contribution in [3.63, 3.8) is 0 Å². The zero-order valence-electron chi connectivity index (χ0n) is 13.5. The molecule has 1 aliphatic carbocycles. The van der Waals surface area contributed by atoms with Gasteiger partial charge in [-0.3, -0.25) is 9.69 Å². The number of carbonyl (C=O) groups excluding carboxylic acids is 2. The van der Waals surface area contributed by atoms with Gasteiger partial charge in [-0.15, -0.1) is 0 Å². The van der Waals surface area contributed by atoms with Crippen LogP contribution in [0, 0.1) is 0 Å². The lowest BCUT2D eigenvalue weighted by Crippen LogP contribution is -2.46. The second-order valence-corrected chi connectivity index (χ2v) is 8.62. The Labute approximate surface area is 142 Å². The van der Waals surface area contributed by atoms with Gasteiger partial charge < -0.3 is 5.32 Å². The van der Waals surface area contributed by atoms with E-state index in [2.05, 4.69) is 5.32 Å². The van der Waals surface area contributed by atoms with Gasteiger partial charge in [0.05, 0.1) is 10.6 Å². The van der Waals surface area contributed by atoms with E-state index < -0.39 is 21.4 Å². The van der Waals surface area contributed by atoms with Crippen LogP contribution in [0.15, 0.2) is 35.2 Å². The van der Waals surface area contributed by atoms with Crippen molar-refractivity contribution >= 4 is 21.8 Å². The Bertz CT molecular complexity index is 722. The number of amides is 3. The summed E-state index contributed by atoms with van der Waals surface area (Å²) in [5.74, 6) is -0.524. The van der Waals surface area contributed by atoms with Gasteiger partial charge in [-0.05, 0) is 25.0 Å². The van der Waals surface area contributed by atoms with Crippen molar-refractivity contribution in [2.45, 2.75) is 49.0 Å². The Morgan fingerprint density at radius 1 is 1.00 bits per heavy atom. The van der Waals surface area contributed by atoms with Crippen LogP contribution in [-0.4, -0.2) is 43.1 Å². The van der Waals surface area contributed by atoms with Gasteiger partial charge in [0.25, 0.3) is 5.91 Å². The van der Waals surface area contributed by atoms with Crippen LogP contribution in [-0.2, 0) is 14.6 Å². The lowest BCUT2D eigenvalue weighted by molar-refractivity contribution is -0.131. The molecule has 1 spiro atoms. The molecule has 3 rings (SSSR count). The molecule has 0 radical (unpaired) electrons. The zero-order chi connectivity index (χ0) is 17.2. The normalized spacial score (nSPS) is 20.9. The van der Waals surface area contributed by atoms with E-state index in [1.165, 1.54) is 12.1 Å². The Balaban J connectivity index is 1.71. The zero-order valence-corrected chi connectivity index (χ0v) is 14.3. The number of hydrogen-bond donors (Lipinski definition) is 1. The maximum atomic E-state index is 12.7. The second-order valence-electron chi connectivity index (χ2n) is 6.52. The highest BCUT2D eigenvalue weighted by atomic mass is 32.2. The van der Waals surface area contributed by atoms with Crippen molar-refractivity contribution in [2.75, 3.05) is 12.3 Å². The molecule has 2 fully saturated rings. The highest BCUT2D eigenvalue weighted by Crippen LogP contribution is 2.32. The highest BCUT2D eigenvalue weighted by molar-refractivity contribution is 7.91. The lowest BCUT2D eigenvalue weighted by Gasteiger charge is -2.24. The average molecular weight is 350 g/mol. The molecule has 0 aromatic heterocycles. The van der Waals surface area contributed by atoms with Crippen molar-refractivity contribution in [1.29, 1.82) is 0 Å². The average Bonchev–Trinajstić information content (AvgIpc) is 2.73. The first-order chi connectivity index (χ1) is 11.4. The SMILES string of the molecule is O=C1NC2(CCCCCC2)C(=O)N1CCS(=O)(=O)c1ccccc1. The maximum absolute atomic E-state index is 12.7. The summed E-state index contributed by atoms with van der Waals surface area (Å²) in [6, 6.07) is 7.63. The summed E-state index contributed by atoms with van der Waals surface area (Å²) in [4.78, 5) is 26.3. The molecule has 0 atom stereocenters. The quantitative estimate of drug-likeness (QED) is 0.843. The van der Waals surface area contributed by atoms with Gasteiger partial charge in [-0.25, -0.2) is 13.2 Å². The number of benzene rings is 1. The second kappa shape index (κ2) is 6.55. The van der Waals surface area contributed by atoms with Gasteiger partial charge in [0.15, 0.2) is 9.84 Å². The van der Waals surface area contributed by atoms with Crippen LogP contribution in [0.2, 0.25) is 0 Å². The molecule has 0 unspecified atom stereocenters. The van der Waals surface area contributed by atoms with Gasteiger partial charge in [0, 0.05) is 6.54 Å². The molecule has 6 nitrogen and oxygen atoms in total. The summed E-state index contributed by atoms with van der Waals surface area (Å²) in [6.07, 6.45) is 5.21. The number of carbonyl (C=O) groups is 2. The number of sulfone groups is 1. The number of imide groups is 1. The number of nitrogens with zero attached hydrogens (tertiary/aromatic N) is 1. The molecule has 0 bridgehead atoms. The van der Waals surface area contributed by atoms with Gasteiger partial charge in [-0.2, -0.15) is 0 Å². The molecular weight excluding hydrogens is 328 g/mol. The topological polar surface area (TPSA) is 83.6 Å². The molecule has 1 saturated heterocycles. The van der Waals surface area contributed by atoms with Crippen molar-refractivity contribution in [3.8, 4) is 0 Å². The fourth-order valence-electron chi connectivity index (χ4n) is 3.51. The fraction of sp³-hybridized carbons (Fsp3) is 0.529. The monoisotopic (exact) mass is 350 g/mol. The third kappa shape index (κ3) is 3.17. The van der Waals surface area contributed by atoms with Crippen molar-refractivity contribution < 1.29 is 18.0 Å². The van der Waals surface area contributed by atoms with Gasteiger partial charge in [-0.1, -0.05) is 43.9 Å². The smallest absolute Gasteiger partial charge is 0.323 e. The van der Waals surface area contributed by atoms with Crippen LogP contribution in [0.25, 0.3) is 0 Å². The Hall–Kier alpha value is -1.89. The molecule has 1 N–H and O–H groups in total. The number of hydrogen-bond acceptors (Lipinski definition) is 4. The van der Waals surface area contributed by atoms with E-state index in [0.717, 1.165) is 30.6 Å². The van der Waals surface area contributed by atoms with Crippen LogP contribution in [0.3, 0.4) is 0 Å². The van der Waals surface area contributed by atoms with Gasteiger partial charge in [0.1, 0.15) is 5.54 Å². The fourth-order valence-corrected chi connectivity index (χ4v) is 4.74. The molecule has 1 aromatic rings. The minimum absolute atomic E-state index is 0.107. The summed E-state index contributed by atoms with van der Waals surface area (Å²) >= 11 is 0. The van der Waals surface area contributed by atoms with Gasteiger partial charge in [0.2, 0.25) is 0 Å². The van der Waals surface area contributed by atoms with Crippen LogP contribution < -0.4 is 5.32 Å². The molecular formula is C17H22N2O4S. The molecule has 1 aromatic carbocycles. The Kier molecular flexibility index (Phi) is 4.62. The van der Waals surface area contributed by atoms with E-state index in [1.54, 1.807) is 18.2 Å². The molecule has 24 heavy (non-hydrogen) atoms. The van der Waals surface area contributed by atoms with Crippen LogP contribution >= 0.6 is 0 Å². The third-order valence-corrected chi connectivity index (χ3v) is 6.60. The molecule has 1 saturated carbocycles. The summed E-state index contributed by atoms with van der Waals surface area (Å²) < 4.78 is 24.7. The van der Waals surface area contributed by atoms with Crippen LogP contribution in [0.4, 0.5) is 4.79 Å². The minimum Gasteiger partial charge on any atom is -0.323 e. The number of urea groups is 1. The molecule has 3 amide bonds. The van der Waals surface area contributed by atoms with E-state index >= 15 is 0 Å². The summed E-state index contributed by atoms with van der Waals surface area (Å²) in [5, 5.41) is 2.83. The summed E-state index contributed by atoms with van der Waals surface area (Å²) in [5.41, 5.74) is -0.815. The van der Waals surface area contributed by atoms with E-state index in [4.69, 9.17) is 0 Å². The van der Waals surface area contributed by atoms with Crippen molar-refractivity contribution in [3.05, 3.63) is 30.3 Å². The molecule has 2 aliphatic rings. The Morgan fingerprint density at radius 3 is 2.25 bits per heavy atom. The molecule has 7 heteroatoms. The van der Waals surface area contributed by atoms with E-state index in [0.29, 0.717) is 12.8 Å². The number of rotatable bonds is 4. The number of nitrogens with one attached hydrogen (secondary N) is 1. The maximum Gasteiger partial charge on any atom is 0.325 e. The summed E-state index contributed by atoms with van der Waals surface area (Å²) in [6.45, 7) is -0.107. The van der Waals surface area contributed by atoms with Gasteiger partial charge >= 0.3 is 6.03 Å².